The molecule has 0 aliphatic heterocycles. The van der Waals surface area contributed by atoms with Crippen LogP contribution in [0.1, 0.15) is 35.8 Å². The molecule has 2 rings (SSSR count). The Labute approximate surface area is 159 Å². The van der Waals surface area contributed by atoms with Crippen molar-refractivity contribution in [3.05, 3.63) is 53.6 Å². The van der Waals surface area contributed by atoms with E-state index in [2.05, 4.69) is 10.0 Å². The summed E-state index contributed by atoms with van der Waals surface area (Å²) in [7, 11) is -0.948. The van der Waals surface area contributed by atoms with E-state index in [0.29, 0.717) is 12.4 Å². The third kappa shape index (κ3) is 4.99. The Morgan fingerprint density at radius 1 is 1.15 bits per heavy atom. The second-order valence-corrected chi connectivity index (χ2v) is 7.50. The Kier molecular flexibility index (Phi) is 6.81. The van der Waals surface area contributed by atoms with E-state index in [4.69, 9.17) is 9.47 Å². The molecule has 146 valence electrons. The third-order valence-electron chi connectivity index (χ3n) is 3.98. The summed E-state index contributed by atoms with van der Waals surface area (Å²) in [4.78, 5) is 12.0. The standard InChI is InChI=1S/C19H24N2O5S/c1-5-26-15-8-6-14(7-9-15)13(2)21-27(23,24)16-10-11-18(25-4)17(12-16)19(22)20-3/h6-13,21H,5H2,1-4H3,(H,20,22). The van der Waals surface area contributed by atoms with Crippen LogP contribution in [0.3, 0.4) is 0 Å². The van der Waals surface area contributed by atoms with Gasteiger partial charge in [-0.15, -0.1) is 0 Å². The Bertz CT molecular complexity index is 895. The molecule has 0 saturated carbocycles. The molecule has 2 N–H and O–H groups in total. The number of nitrogens with one attached hydrogen (secondary N) is 2. The van der Waals surface area contributed by atoms with Crippen molar-refractivity contribution in [3.8, 4) is 11.5 Å². The molecule has 0 spiro atoms. The van der Waals surface area contributed by atoms with E-state index in [9.17, 15) is 13.2 Å². The van der Waals surface area contributed by atoms with Gasteiger partial charge in [0.05, 0.1) is 24.2 Å². The molecule has 0 heterocycles. The highest BCUT2D eigenvalue weighted by Crippen LogP contribution is 2.24. The van der Waals surface area contributed by atoms with Gasteiger partial charge in [0.1, 0.15) is 11.5 Å². The fourth-order valence-corrected chi connectivity index (χ4v) is 3.81. The Morgan fingerprint density at radius 3 is 2.37 bits per heavy atom. The second kappa shape index (κ2) is 8.88. The molecular formula is C19H24N2O5S. The van der Waals surface area contributed by atoms with Crippen LogP contribution in [0.25, 0.3) is 0 Å². The maximum absolute atomic E-state index is 12.7. The van der Waals surface area contributed by atoms with Crippen LogP contribution in [-0.4, -0.2) is 35.1 Å². The largest absolute Gasteiger partial charge is 0.496 e. The van der Waals surface area contributed by atoms with Gasteiger partial charge < -0.3 is 14.8 Å². The molecule has 0 aromatic heterocycles. The molecular weight excluding hydrogens is 368 g/mol. The average Bonchev–Trinajstić information content (AvgIpc) is 2.67. The van der Waals surface area contributed by atoms with Crippen LogP contribution >= 0.6 is 0 Å². The first-order chi connectivity index (χ1) is 12.8. The number of hydrogen-bond acceptors (Lipinski definition) is 5. The number of benzene rings is 2. The molecule has 0 aliphatic carbocycles. The van der Waals surface area contributed by atoms with E-state index in [0.717, 1.165) is 11.3 Å². The minimum Gasteiger partial charge on any atom is -0.496 e. The van der Waals surface area contributed by atoms with Crippen LogP contribution < -0.4 is 19.5 Å². The van der Waals surface area contributed by atoms with E-state index in [1.54, 1.807) is 19.1 Å². The molecule has 0 fully saturated rings. The predicted octanol–water partition coefficient (Wildman–Crippen LogP) is 2.49. The van der Waals surface area contributed by atoms with Crippen molar-refractivity contribution in [1.29, 1.82) is 0 Å². The highest BCUT2D eigenvalue weighted by Gasteiger charge is 2.22. The molecule has 2 aromatic rings. The minimum absolute atomic E-state index is 0.0142. The Morgan fingerprint density at radius 2 is 1.81 bits per heavy atom. The lowest BCUT2D eigenvalue weighted by Crippen LogP contribution is -2.27. The zero-order valence-corrected chi connectivity index (χ0v) is 16.6. The van der Waals surface area contributed by atoms with Gasteiger partial charge in [-0.25, -0.2) is 13.1 Å². The number of carbonyl (C=O) groups excluding carboxylic acids is 1. The number of carbonyl (C=O) groups is 1. The average molecular weight is 392 g/mol. The topological polar surface area (TPSA) is 93.7 Å². The minimum atomic E-state index is -3.83. The van der Waals surface area contributed by atoms with E-state index in [1.165, 1.54) is 32.4 Å². The normalized spacial score (nSPS) is 12.3. The van der Waals surface area contributed by atoms with Crippen LogP contribution in [0.4, 0.5) is 0 Å². The summed E-state index contributed by atoms with van der Waals surface area (Å²) >= 11 is 0. The summed E-state index contributed by atoms with van der Waals surface area (Å²) in [6.45, 7) is 4.20. The van der Waals surface area contributed by atoms with Gasteiger partial charge in [0, 0.05) is 13.1 Å². The van der Waals surface area contributed by atoms with Gasteiger partial charge in [-0.1, -0.05) is 12.1 Å². The lowest BCUT2D eigenvalue weighted by atomic mass is 10.1. The molecule has 7 nitrogen and oxygen atoms in total. The van der Waals surface area contributed by atoms with Gasteiger partial charge in [-0.05, 0) is 49.7 Å². The van der Waals surface area contributed by atoms with Crippen molar-refractivity contribution in [2.75, 3.05) is 20.8 Å². The van der Waals surface area contributed by atoms with E-state index >= 15 is 0 Å². The summed E-state index contributed by atoms with van der Waals surface area (Å²) in [5.74, 6) is 0.595. The molecule has 2 aromatic carbocycles. The molecule has 1 atom stereocenters. The number of hydrogen-bond donors (Lipinski definition) is 2. The van der Waals surface area contributed by atoms with E-state index in [1.807, 2.05) is 19.1 Å². The van der Waals surface area contributed by atoms with Crippen molar-refractivity contribution < 1.29 is 22.7 Å². The zero-order chi connectivity index (χ0) is 20.0. The number of sulfonamides is 1. The molecule has 1 amide bonds. The van der Waals surface area contributed by atoms with E-state index < -0.39 is 22.0 Å². The van der Waals surface area contributed by atoms with Crippen molar-refractivity contribution >= 4 is 15.9 Å². The Balaban J connectivity index is 2.26. The molecule has 0 bridgehead atoms. The van der Waals surface area contributed by atoms with Gasteiger partial charge in [0.25, 0.3) is 5.91 Å². The fourth-order valence-electron chi connectivity index (χ4n) is 2.55. The number of rotatable bonds is 8. The Hall–Kier alpha value is -2.58. The first kappa shape index (κ1) is 20.7. The molecule has 27 heavy (non-hydrogen) atoms. The first-order valence-corrected chi connectivity index (χ1v) is 9.96. The third-order valence-corrected chi connectivity index (χ3v) is 5.51. The molecule has 0 radical (unpaired) electrons. The fraction of sp³-hybridized carbons (Fsp3) is 0.316. The van der Waals surface area contributed by atoms with Crippen molar-refractivity contribution in [3.63, 3.8) is 0 Å². The van der Waals surface area contributed by atoms with Gasteiger partial charge in [0.2, 0.25) is 10.0 Å². The van der Waals surface area contributed by atoms with Crippen molar-refractivity contribution in [1.82, 2.24) is 10.0 Å². The number of amides is 1. The quantitative estimate of drug-likeness (QED) is 0.720. The van der Waals surface area contributed by atoms with Gasteiger partial charge >= 0.3 is 0 Å². The predicted molar refractivity (Wildman–Crippen MR) is 103 cm³/mol. The zero-order valence-electron chi connectivity index (χ0n) is 15.8. The number of methoxy groups -OCH3 is 1. The van der Waals surface area contributed by atoms with Crippen LogP contribution in [0.15, 0.2) is 47.4 Å². The summed E-state index contributed by atoms with van der Waals surface area (Å²) in [6, 6.07) is 10.9. The lowest BCUT2D eigenvalue weighted by molar-refractivity contribution is 0.0960. The summed E-state index contributed by atoms with van der Waals surface area (Å²) in [5.41, 5.74) is 0.943. The molecule has 1 unspecified atom stereocenters. The van der Waals surface area contributed by atoms with Gasteiger partial charge in [-0.2, -0.15) is 0 Å². The maximum Gasteiger partial charge on any atom is 0.254 e. The molecule has 0 aliphatic rings. The number of ether oxygens (including phenoxy) is 2. The monoisotopic (exact) mass is 392 g/mol. The second-order valence-electron chi connectivity index (χ2n) is 5.79. The molecule has 8 heteroatoms. The van der Waals surface area contributed by atoms with Gasteiger partial charge in [-0.3, -0.25) is 4.79 Å². The van der Waals surface area contributed by atoms with Gasteiger partial charge in [0.15, 0.2) is 0 Å². The van der Waals surface area contributed by atoms with Crippen molar-refractivity contribution in [2.24, 2.45) is 0 Å². The van der Waals surface area contributed by atoms with Crippen LogP contribution in [0.2, 0.25) is 0 Å². The first-order valence-electron chi connectivity index (χ1n) is 8.47. The SMILES string of the molecule is CCOc1ccc(C(C)NS(=O)(=O)c2ccc(OC)c(C(=O)NC)c2)cc1. The van der Waals surface area contributed by atoms with Crippen LogP contribution in [-0.2, 0) is 10.0 Å². The highest BCUT2D eigenvalue weighted by molar-refractivity contribution is 7.89. The lowest BCUT2D eigenvalue weighted by Gasteiger charge is -2.16. The van der Waals surface area contributed by atoms with Crippen molar-refractivity contribution in [2.45, 2.75) is 24.8 Å². The highest BCUT2D eigenvalue weighted by atomic mass is 32.2. The summed E-state index contributed by atoms with van der Waals surface area (Å²) in [5, 5.41) is 2.47. The van der Waals surface area contributed by atoms with Crippen LogP contribution in [0, 0.1) is 0 Å². The molecule has 0 saturated heterocycles. The smallest absolute Gasteiger partial charge is 0.254 e. The van der Waals surface area contributed by atoms with E-state index in [-0.39, 0.29) is 10.5 Å². The maximum atomic E-state index is 12.7. The summed E-state index contributed by atoms with van der Waals surface area (Å²) in [6.07, 6.45) is 0. The van der Waals surface area contributed by atoms with Crippen LogP contribution in [0.5, 0.6) is 11.5 Å². The summed E-state index contributed by atoms with van der Waals surface area (Å²) < 4.78 is 38.6.